The minimum atomic E-state index is -0.442. The Balaban J connectivity index is 1.64. The summed E-state index contributed by atoms with van der Waals surface area (Å²) in [6, 6.07) is 30.0. The number of fused-ring (bicyclic) bond motifs is 1. The first kappa shape index (κ1) is 19.7. The first-order valence-electron chi connectivity index (χ1n) is 10.4. The summed E-state index contributed by atoms with van der Waals surface area (Å²) in [5.41, 5.74) is 7.33. The summed E-state index contributed by atoms with van der Waals surface area (Å²) in [6.45, 7) is 0. The molecule has 0 aliphatic heterocycles. The van der Waals surface area contributed by atoms with Crippen LogP contribution in [0.1, 0.15) is 21.7 Å². The van der Waals surface area contributed by atoms with Gasteiger partial charge in [-0.3, -0.25) is 0 Å². The normalized spacial score (nSPS) is 10.9. The molecule has 5 aromatic rings. The molecule has 0 amide bonds. The molecule has 0 fully saturated rings. The lowest BCUT2D eigenvalue weighted by Crippen LogP contribution is -2.06. The van der Waals surface area contributed by atoms with Crippen molar-refractivity contribution in [2.45, 2.75) is 6.42 Å². The third kappa shape index (κ3) is 3.76. The molecular weight excluding hydrogens is 398 g/mol. The number of carbonyl (C=O) groups excluding carboxylic acids is 1. The zero-order chi connectivity index (χ0) is 21.9. The number of hydrogen-bond donors (Lipinski definition) is 0. The molecule has 2 aromatic carbocycles. The molecule has 5 rings (SSSR count). The number of hydrogen-bond acceptors (Lipinski definition) is 4. The third-order valence-electron chi connectivity index (χ3n) is 5.45. The van der Waals surface area contributed by atoms with E-state index in [1.807, 2.05) is 53.0 Å². The number of carbonyl (C=O) groups is 1. The van der Waals surface area contributed by atoms with E-state index < -0.39 is 5.97 Å². The highest BCUT2D eigenvalue weighted by molar-refractivity contribution is 5.87. The Morgan fingerprint density at radius 3 is 2.25 bits per heavy atom. The van der Waals surface area contributed by atoms with Crippen LogP contribution in [-0.2, 0) is 11.2 Å². The van der Waals surface area contributed by atoms with E-state index in [1.165, 1.54) is 7.11 Å². The number of nitrogens with zero attached hydrogens (tertiary/aromatic N) is 3. The molecule has 0 atom stereocenters. The van der Waals surface area contributed by atoms with Crippen LogP contribution in [0.25, 0.3) is 27.9 Å². The van der Waals surface area contributed by atoms with Crippen molar-refractivity contribution in [2.75, 3.05) is 7.11 Å². The van der Waals surface area contributed by atoms with E-state index in [9.17, 15) is 4.79 Å². The molecule has 0 saturated carbocycles. The molecule has 0 N–H and O–H groups in total. The lowest BCUT2D eigenvalue weighted by molar-refractivity contribution is 0.0593. The Labute approximate surface area is 185 Å². The van der Waals surface area contributed by atoms with Crippen molar-refractivity contribution in [1.29, 1.82) is 0 Å². The van der Waals surface area contributed by atoms with Crippen molar-refractivity contribution in [1.82, 2.24) is 14.6 Å². The second-order valence-electron chi connectivity index (χ2n) is 7.49. The second kappa shape index (κ2) is 8.47. The van der Waals surface area contributed by atoms with Gasteiger partial charge in [0.1, 0.15) is 5.69 Å². The Morgan fingerprint density at radius 1 is 0.812 bits per heavy atom. The zero-order valence-corrected chi connectivity index (χ0v) is 17.6. The van der Waals surface area contributed by atoms with E-state index in [2.05, 4.69) is 47.6 Å². The van der Waals surface area contributed by atoms with Gasteiger partial charge in [0.25, 0.3) is 0 Å². The van der Waals surface area contributed by atoms with Crippen LogP contribution in [-0.4, -0.2) is 27.7 Å². The summed E-state index contributed by atoms with van der Waals surface area (Å²) in [7, 11) is 1.36. The van der Waals surface area contributed by atoms with Crippen molar-refractivity contribution < 1.29 is 9.53 Å². The van der Waals surface area contributed by atoms with Crippen molar-refractivity contribution >= 4 is 11.5 Å². The highest BCUT2D eigenvalue weighted by atomic mass is 16.5. The molecular formula is C27H21N3O2. The van der Waals surface area contributed by atoms with Crippen molar-refractivity contribution in [3.63, 3.8) is 0 Å². The molecule has 0 aliphatic carbocycles. The van der Waals surface area contributed by atoms with E-state index in [0.29, 0.717) is 12.1 Å². The summed E-state index contributed by atoms with van der Waals surface area (Å²) in [5, 5.41) is 4.94. The average Bonchev–Trinajstić information content (AvgIpc) is 3.22. The number of aromatic nitrogens is 3. The minimum absolute atomic E-state index is 0.300. The maximum Gasteiger partial charge on any atom is 0.356 e. The van der Waals surface area contributed by atoms with Gasteiger partial charge < -0.3 is 4.74 Å². The fourth-order valence-electron chi connectivity index (χ4n) is 3.88. The van der Waals surface area contributed by atoms with Crippen LogP contribution in [0.4, 0.5) is 0 Å². The monoisotopic (exact) mass is 419 g/mol. The van der Waals surface area contributed by atoms with Crippen LogP contribution in [0, 0.1) is 0 Å². The third-order valence-corrected chi connectivity index (χ3v) is 5.45. The maximum atomic E-state index is 11.9. The molecule has 3 heterocycles. The molecule has 0 bridgehead atoms. The lowest BCUT2D eigenvalue weighted by atomic mass is 10.0. The van der Waals surface area contributed by atoms with Crippen LogP contribution in [0.2, 0.25) is 0 Å². The molecule has 5 heteroatoms. The topological polar surface area (TPSA) is 56.5 Å². The molecule has 32 heavy (non-hydrogen) atoms. The van der Waals surface area contributed by atoms with Gasteiger partial charge in [-0.2, -0.15) is 5.10 Å². The van der Waals surface area contributed by atoms with E-state index in [-0.39, 0.29) is 0 Å². The van der Waals surface area contributed by atoms with Crippen molar-refractivity contribution in [3.8, 4) is 22.4 Å². The fraction of sp³-hybridized carbons (Fsp3) is 0.0741. The first-order valence-corrected chi connectivity index (χ1v) is 10.4. The van der Waals surface area contributed by atoms with Gasteiger partial charge in [0.05, 0.1) is 18.3 Å². The van der Waals surface area contributed by atoms with Crippen LogP contribution >= 0.6 is 0 Å². The summed E-state index contributed by atoms with van der Waals surface area (Å²) in [4.78, 5) is 16.5. The maximum absolute atomic E-state index is 11.9. The quantitative estimate of drug-likeness (QED) is 0.356. The number of methoxy groups -OCH3 is 1. The SMILES string of the molecule is COC(=O)c1cccc(Cc2c(-c3ccccc3)nn3cc(-c4ccccc4)ccc23)n1. The van der Waals surface area contributed by atoms with Crippen molar-refractivity contribution in [3.05, 3.63) is 114 Å². The molecule has 0 unspecified atom stereocenters. The number of pyridine rings is 2. The van der Waals surface area contributed by atoms with Gasteiger partial charge in [-0.25, -0.2) is 14.3 Å². The molecule has 156 valence electrons. The Hall–Kier alpha value is -4.25. The lowest BCUT2D eigenvalue weighted by Gasteiger charge is -2.06. The van der Waals surface area contributed by atoms with E-state index in [1.54, 1.807) is 6.07 Å². The smallest absolute Gasteiger partial charge is 0.356 e. The van der Waals surface area contributed by atoms with E-state index in [0.717, 1.165) is 39.2 Å². The first-order chi connectivity index (χ1) is 15.7. The number of benzene rings is 2. The van der Waals surface area contributed by atoms with Gasteiger partial charge in [-0.05, 0) is 23.8 Å². The predicted molar refractivity (Wildman–Crippen MR) is 124 cm³/mol. The highest BCUT2D eigenvalue weighted by Crippen LogP contribution is 2.30. The standard InChI is InChI=1S/C27H21N3O2/c1-32-27(31)24-14-8-13-22(28-24)17-23-25-16-15-21(19-9-4-2-5-10-19)18-30(25)29-26(23)20-11-6-3-7-12-20/h2-16,18H,17H2,1H3. The van der Waals surface area contributed by atoms with Crippen molar-refractivity contribution in [2.24, 2.45) is 0 Å². The van der Waals surface area contributed by atoms with Gasteiger partial charge >= 0.3 is 5.97 Å². The van der Waals surface area contributed by atoms with E-state index in [4.69, 9.17) is 9.84 Å². The second-order valence-corrected chi connectivity index (χ2v) is 7.49. The zero-order valence-electron chi connectivity index (χ0n) is 17.6. The largest absolute Gasteiger partial charge is 0.464 e. The molecule has 0 aliphatic rings. The number of rotatable bonds is 5. The molecule has 0 spiro atoms. The van der Waals surface area contributed by atoms with Crippen LogP contribution in [0.3, 0.4) is 0 Å². The molecule has 0 radical (unpaired) electrons. The summed E-state index contributed by atoms with van der Waals surface area (Å²) in [5.74, 6) is -0.442. The predicted octanol–water partition coefficient (Wildman–Crippen LogP) is 5.44. The molecule has 5 nitrogen and oxygen atoms in total. The Kier molecular flexibility index (Phi) is 5.22. The highest BCUT2D eigenvalue weighted by Gasteiger charge is 2.17. The molecule has 3 aromatic heterocycles. The average molecular weight is 419 g/mol. The van der Waals surface area contributed by atoms with Gasteiger partial charge in [-0.15, -0.1) is 0 Å². The Morgan fingerprint density at radius 2 is 1.53 bits per heavy atom. The number of esters is 1. The summed E-state index contributed by atoms with van der Waals surface area (Å²) in [6.07, 6.45) is 2.60. The Bertz CT molecular complexity index is 1390. The van der Waals surface area contributed by atoms with E-state index >= 15 is 0 Å². The van der Waals surface area contributed by atoms with Crippen LogP contribution in [0.15, 0.2) is 97.2 Å². The summed E-state index contributed by atoms with van der Waals surface area (Å²) >= 11 is 0. The number of ether oxygens (including phenoxy) is 1. The minimum Gasteiger partial charge on any atom is -0.464 e. The van der Waals surface area contributed by atoms with Crippen LogP contribution < -0.4 is 0 Å². The summed E-state index contributed by atoms with van der Waals surface area (Å²) < 4.78 is 6.76. The van der Waals surface area contributed by atoms with Gasteiger partial charge in [0.2, 0.25) is 0 Å². The van der Waals surface area contributed by atoms with Gasteiger partial charge in [0, 0.05) is 35.0 Å². The molecule has 0 saturated heterocycles. The fourth-order valence-corrected chi connectivity index (χ4v) is 3.88. The van der Waals surface area contributed by atoms with Crippen LogP contribution in [0.5, 0.6) is 0 Å². The van der Waals surface area contributed by atoms with Gasteiger partial charge in [-0.1, -0.05) is 72.8 Å². The van der Waals surface area contributed by atoms with Gasteiger partial charge in [0.15, 0.2) is 0 Å².